The Hall–Kier alpha value is -4.03. The van der Waals surface area contributed by atoms with E-state index in [0.717, 1.165) is 42.4 Å². The summed E-state index contributed by atoms with van der Waals surface area (Å²) in [7, 11) is 0. The second-order valence-corrected chi connectivity index (χ2v) is 13.7. The van der Waals surface area contributed by atoms with E-state index in [4.69, 9.17) is 18.9 Å². The lowest BCUT2D eigenvalue weighted by Crippen LogP contribution is -2.15. The van der Waals surface area contributed by atoms with Crippen LogP contribution in [0.1, 0.15) is 88.6 Å². The van der Waals surface area contributed by atoms with Gasteiger partial charge in [0.15, 0.2) is 0 Å². The minimum absolute atomic E-state index is 0.0425. The quantitative estimate of drug-likeness (QED) is 0.0527. The van der Waals surface area contributed by atoms with Gasteiger partial charge in [0.25, 0.3) is 0 Å². The van der Waals surface area contributed by atoms with Gasteiger partial charge in [-0.15, -0.1) is 0 Å². The molecule has 0 aromatic heterocycles. The minimum atomic E-state index is -0.448. The third kappa shape index (κ3) is 12.7. The number of benzene rings is 3. The van der Waals surface area contributed by atoms with Crippen molar-refractivity contribution in [3.8, 4) is 22.6 Å². The largest absolute Gasteiger partial charge is 0.494 e. The third-order valence-electron chi connectivity index (χ3n) is 8.56. The fraction of sp³-hybridized carbons (Fsp3) is 0.465. The van der Waals surface area contributed by atoms with Gasteiger partial charge in [-0.2, -0.15) is 0 Å². The number of esters is 1. The number of aliphatic hydroxyl groups is 1. The molecule has 0 fully saturated rings. The first kappa shape index (κ1) is 39.4. The molecule has 0 radical (unpaired) electrons. The molecule has 49 heavy (non-hydrogen) atoms. The molecule has 0 bridgehead atoms. The lowest BCUT2D eigenvalue weighted by molar-refractivity contribution is -0.139. The number of rotatable bonds is 21. The normalized spacial score (nSPS) is 11.2. The van der Waals surface area contributed by atoms with E-state index in [1.807, 2.05) is 12.1 Å². The van der Waals surface area contributed by atoms with Gasteiger partial charge in [0.05, 0.1) is 5.76 Å². The number of allylic oxidation sites excluding steroid dienone is 1. The van der Waals surface area contributed by atoms with E-state index in [9.17, 15) is 9.90 Å². The monoisotopic (exact) mass is 670 g/mol. The number of hydrogen-bond acceptors (Lipinski definition) is 6. The van der Waals surface area contributed by atoms with Crippen LogP contribution in [0.5, 0.6) is 11.5 Å². The summed E-state index contributed by atoms with van der Waals surface area (Å²) in [6.07, 6.45) is 8.07. The molecule has 0 saturated heterocycles. The highest BCUT2D eigenvalue weighted by molar-refractivity contribution is 5.86. The molecule has 3 rings (SSSR count). The Morgan fingerprint density at radius 3 is 1.92 bits per heavy atom. The number of ether oxygens (including phenoxy) is 4. The Morgan fingerprint density at radius 2 is 1.31 bits per heavy atom. The van der Waals surface area contributed by atoms with Crippen LogP contribution in [0.4, 0.5) is 0 Å². The van der Waals surface area contributed by atoms with Crippen molar-refractivity contribution in [2.45, 2.75) is 92.9 Å². The summed E-state index contributed by atoms with van der Waals surface area (Å²) < 4.78 is 23.7. The summed E-state index contributed by atoms with van der Waals surface area (Å²) in [5.74, 6) is 1.56. The van der Waals surface area contributed by atoms with Gasteiger partial charge in [-0.05, 0) is 85.4 Å². The second kappa shape index (κ2) is 19.8. The summed E-state index contributed by atoms with van der Waals surface area (Å²) in [4.78, 5) is 11.9. The predicted molar refractivity (Wildman–Crippen MR) is 200 cm³/mol. The minimum Gasteiger partial charge on any atom is -0.494 e. The molecule has 0 heterocycles. The summed E-state index contributed by atoms with van der Waals surface area (Å²) in [6, 6.07) is 19.7. The highest BCUT2D eigenvalue weighted by Crippen LogP contribution is 2.39. The molecule has 266 valence electrons. The Morgan fingerprint density at radius 1 is 0.694 bits per heavy atom. The zero-order valence-electron chi connectivity index (χ0n) is 30.8. The van der Waals surface area contributed by atoms with Crippen LogP contribution in [0, 0.1) is 5.41 Å². The van der Waals surface area contributed by atoms with E-state index >= 15 is 0 Å². The average Bonchev–Trinajstić information content (AvgIpc) is 3.08. The lowest BCUT2D eigenvalue weighted by atomic mass is 9.92. The summed E-state index contributed by atoms with van der Waals surface area (Å²) in [6.45, 7) is 20.8. The number of aliphatic hydroxyl groups excluding tert-OH is 1. The number of carbonyl (C=O) groups excluding carboxylic acids is 1. The molecule has 0 aliphatic heterocycles. The van der Waals surface area contributed by atoms with E-state index in [1.54, 1.807) is 6.92 Å². The number of unbranched alkanes of at least 4 members (excludes halogenated alkanes) is 2. The molecular formula is C43H58O6. The van der Waals surface area contributed by atoms with Crippen LogP contribution in [0.3, 0.4) is 0 Å². The van der Waals surface area contributed by atoms with Crippen molar-refractivity contribution < 1.29 is 28.8 Å². The molecule has 0 amide bonds. The van der Waals surface area contributed by atoms with Gasteiger partial charge >= 0.3 is 5.97 Å². The molecule has 3 aromatic carbocycles. The van der Waals surface area contributed by atoms with E-state index in [0.29, 0.717) is 42.5 Å². The fourth-order valence-electron chi connectivity index (χ4n) is 5.42. The molecule has 0 aliphatic rings. The molecule has 0 spiro atoms. The van der Waals surface area contributed by atoms with Crippen molar-refractivity contribution in [3.63, 3.8) is 0 Å². The zero-order chi connectivity index (χ0) is 35.8. The fourth-order valence-corrected chi connectivity index (χ4v) is 5.42. The van der Waals surface area contributed by atoms with Crippen LogP contribution in [0.25, 0.3) is 11.1 Å². The van der Waals surface area contributed by atoms with Crippen LogP contribution in [-0.4, -0.2) is 44.1 Å². The predicted octanol–water partition coefficient (Wildman–Crippen LogP) is 9.42. The van der Waals surface area contributed by atoms with Crippen molar-refractivity contribution >= 4 is 5.97 Å². The van der Waals surface area contributed by atoms with Gasteiger partial charge in [-0.25, -0.2) is 4.79 Å². The summed E-state index contributed by atoms with van der Waals surface area (Å²) in [5, 5.41) is 9.89. The molecule has 0 saturated carbocycles. The van der Waals surface area contributed by atoms with Crippen LogP contribution < -0.4 is 9.47 Å². The maximum atomic E-state index is 11.9. The third-order valence-corrected chi connectivity index (χ3v) is 8.56. The van der Waals surface area contributed by atoms with E-state index < -0.39 is 5.97 Å². The first-order valence-electron chi connectivity index (χ1n) is 17.8. The topological polar surface area (TPSA) is 74.2 Å². The van der Waals surface area contributed by atoms with E-state index in [1.165, 1.54) is 41.5 Å². The zero-order valence-corrected chi connectivity index (χ0v) is 30.8. The van der Waals surface area contributed by atoms with Gasteiger partial charge in [0, 0.05) is 28.7 Å². The SMILES string of the molecule is C=C(C)C(=O)OCCOc1cc(CCO)c(OCCOC(=C)C(C)(C)C)cc1-c1ccc(CCc2ccc(CCCCC)cc2)cc1CC. The molecule has 6 nitrogen and oxygen atoms in total. The van der Waals surface area contributed by atoms with Crippen molar-refractivity contribution in [3.05, 3.63) is 107 Å². The molecule has 0 aliphatic carbocycles. The van der Waals surface area contributed by atoms with Gasteiger partial charge in [-0.1, -0.05) is 103 Å². The Kier molecular flexibility index (Phi) is 16.0. The van der Waals surface area contributed by atoms with Crippen molar-refractivity contribution in [2.24, 2.45) is 5.41 Å². The first-order chi connectivity index (χ1) is 23.5. The Balaban J connectivity index is 1.86. The first-order valence-corrected chi connectivity index (χ1v) is 17.8. The lowest BCUT2D eigenvalue weighted by Gasteiger charge is -2.23. The van der Waals surface area contributed by atoms with Crippen molar-refractivity contribution in [2.75, 3.05) is 33.0 Å². The van der Waals surface area contributed by atoms with Crippen molar-refractivity contribution in [1.82, 2.24) is 0 Å². The maximum Gasteiger partial charge on any atom is 0.333 e. The van der Waals surface area contributed by atoms with Crippen LogP contribution in [0.15, 0.2) is 79.1 Å². The van der Waals surface area contributed by atoms with E-state index in [-0.39, 0.29) is 25.2 Å². The summed E-state index contributed by atoms with van der Waals surface area (Å²) >= 11 is 0. The Bertz CT molecular complexity index is 1510. The molecule has 6 heteroatoms. The highest BCUT2D eigenvalue weighted by Gasteiger charge is 2.19. The maximum absolute atomic E-state index is 11.9. The standard InChI is InChI=1S/C43H58O6/c1-9-11-12-13-33-14-16-34(17-15-33)18-19-35-20-21-38(36(10-2)28-35)39-30-40(47-25-24-46-32(5)43(6,7)8)37(22-23-44)29-41(39)48-26-27-49-42(45)31(3)4/h14-17,20-21,28-30,44H,3,5,9-13,18-19,22-27H2,1-2,4,6-8H3. The number of carbonyl (C=O) groups is 1. The Labute approximate surface area is 295 Å². The number of aryl methyl sites for hydroxylation is 4. The summed E-state index contributed by atoms with van der Waals surface area (Å²) in [5.41, 5.74) is 8.18. The van der Waals surface area contributed by atoms with Gasteiger partial charge < -0.3 is 24.1 Å². The smallest absolute Gasteiger partial charge is 0.333 e. The average molecular weight is 671 g/mol. The highest BCUT2D eigenvalue weighted by atomic mass is 16.6. The van der Waals surface area contributed by atoms with E-state index in [2.05, 4.69) is 90.2 Å². The van der Waals surface area contributed by atoms with Crippen LogP contribution in [0.2, 0.25) is 0 Å². The number of hydrogen-bond donors (Lipinski definition) is 1. The molecule has 1 N–H and O–H groups in total. The van der Waals surface area contributed by atoms with Crippen LogP contribution in [-0.2, 0) is 46.4 Å². The molecule has 0 unspecified atom stereocenters. The second-order valence-electron chi connectivity index (χ2n) is 13.7. The molecule has 0 atom stereocenters. The molecular weight excluding hydrogens is 612 g/mol. The molecule has 3 aromatic rings. The van der Waals surface area contributed by atoms with Gasteiger partial charge in [0.1, 0.15) is 37.9 Å². The van der Waals surface area contributed by atoms with Crippen LogP contribution >= 0.6 is 0 Å². The van der Waals surface area contributed by atoms with Crippen molar-refractivity contribution in [1.29, 1.82) is 0 Å². The van der Waals surface area contributed by atoms with Gasteiger partial charge in [-0.3, -0.25) is 0 Å². The van der Waals surface area contributed by atoms with Gasteiger partial charge in [0.2, 0.25) is 0 Å².